The van der Waals surface area contributed by atoms with Crippen molar-refractivity contribution in [3.8, 4) is 0 Å². The van der Waals surface area contributed by atoms with Gasteiger partial charge in [-0.2, -0.15) is 5.10 Å². The summed E-state index contributed by atoms with van der Waals surface area (Å²) >= 11 is 0. The molecule has 2 unspecified atom stereocenters. The lowest BCUT2D eigenvalue weighted by Gasteiger charge is -2.19. The van der Waals surface area contributed by atoms with E-state index in [1.807, 2.05) is 23.9 Å². The second kappa shape index (κ2) is 7.94. The summed E-state index contributed by atoms with van der Waals surface area (Å²) in [5, 5.41) is 7.13. The molecule has 1 aromatic heterocycles. The van der Waals surface area contributed by atoms with Gasteiger partial charge in [0.1, 0.15) is 0 Å². The van der Waals surface area contributed by atoms with Crippen molar-refractivity contribution in [1.29, 1.82) is 0 Å². The minimum absolute atomic E-state index is 0.0740. The molecule has 0 spiro atoms. The van der Waals surface area contributed by atoms with Crippen LogP contribution >= 0.6 is 0 Å². The van der Waals surface area contributed by atoms with Crippen molar-refractivity contribution in [2.75, 3.05) is 6.54 Å². The van der Waals surface area contributed by atoms with Crippen LogP contribution in [0.5, 0.6) is 0 Å². The Morgan fingerprint density at radius 3 is 2.68 bits per heavy atom. The van der Waals surface area contributed by atoms with Crippen LogP contribution in [0.25, 0.3) is 0 Å². The Morgan fingerprint density at radius 2 is 2.16 bits per heavy atom. The summed E-state index contributed by atoms with van der Waals surface area (Å²) in [5.41, 5.74) is 5.72. The van der Waals surface area contributed by atoms with E-state index in [4.69, 9.17) is 5.73 Å². The number of amides is 1. The molecular formula is C14H26N4O. The minimum Gasteiger partial charge on any atom is -0.352 e. The fourth-order valence-electron chi connectivity index (χ4n) is 2.26. The lowest BCUT2D eigenvalue weighted by Crippen LogP contribution is -2.37. The highest BCUT2D eigenvalue weighted by Crippen LogP contribution is 2.14. The molecule has 0 aliphatic heterocycles. The summed E-state index contributed by atoms with van der Waals surface area (Å²) in [6.45, 7) is 7.55. The van der Waals surface area contributed by atoms with Crippen molar-refractivity contribution >= 4 is 5.91 Å². The molecule has 2 atom stereocenters. The van der Waals surface area contributed by atoms with Crippen LogP contribution < -0.4 is 11.1 Å². The van der Waals surface area contributed by atoms with Gasteiger partial charge in [-0.1, -0.05) is 13.8 Å². The number of nitrogens with one attached hydrogen (secondary N) is 1. The maximum absolute atomic E-state index is 11.9. The maximum Gasteiger partial charge on any atom is 0.220 e. The number of carbonyl (C=O) groups excluding carboxylic acids is 1. The van der Waals surface area contributed by atoms with Crippen LogP contribution in [0.4, 0.5) is 0 Å². The summed E-state index contributed by atoms with van der Waals surface area (Å²) in [6.07, 6.45) is 5.14. The van der Waals surface area contributed by atoms with Gasteiger partial charge in [-0.3, -0.25) is 9.48 Å². The van der Waals surface area contributed by atoms with Crippen molar-refractivity contribution < 1.29 is 4.79 Å². The molecule has 3 N–H and O–H groups in total. The van der Waals surface area contributed by atoms with Gasteiger partial charge in [-0.25, -0.2) is 0 Å². The average Bonchev–Trinajstić information content (AvgIpc) is 2.79. The van der Waals surface area contributed by atoms with Crippen molar-refractivity contribution in [3.05, 3.63) is 18.5 Å². The van der Waals surface area contributed by atoms with Crippen LogP contribution in [-0.4, -0.2) is 28.3 Å². The highest BCUT2D eigenvalue weighted by Gasteiger charge is 2.15. The van der Waals surface area contributed by atoms with Crippen LogP contribution in [0.15, 0.2) is 18.5 Å². The van der Waals surface area contributed by atoms with E-state index in [0.717, 1.165) is 6.42 Å². The van der Waals surface area contributed by atoms with E-state index < -0.39 is 0 Å². The van der Waals surface area contributed by atoms with Crippen LogP contribution in [-0.2, 0) is 11.3 Å². The van der Waals surface area contributed by atoms with Gasteiger partial charge < -0.3 is 11.1 Å². The maximum atomic E-state index is 11.9. The molecule has 0 radical (unpaired) electrons. The van der Waals surface area contributed by atoms with Crippen molar-refractivity contribution in [3.63, 3.8) is 0 Å². The first-order valence-electron chi connectivity index (χ1n) is 6.98. The fraction of sp³-hybridized carbons (Fsp3) is 0.714. The van der Waals surface area contributed by atoms with Crippen molar-refractivity contribution in [2.45, 2.75) is 46.2 Å². The van der Waals surface area contributed by atoms with Gasteiger partial charge >= 0.3 is 0 Å². The molecule has 0 saturated heterocycles. The van der Waals surface area contributed by atoms with E-state index >= 15 is 0 Å². The zero-order chi connectivity index (χ0) is 14.3. The molecule has 1 rings (SSSR count). The standard InChI is InChI=1S/C14H26N4O/c1-11(2)7-13(9-15)8-14(19)17-12(3)10-18-6-4-5-16-18/h4-6,11-13H,7-10,15H2,1-3H3,(H,17,19). The highest BCUT2D eigenvalue weighted by molar-refractivity contribution is 5.76. The quantitative estimate of drug-likeness (QED) is 0.747. The van der Waals surface area contributed by atoms with Crippen molar-refractivity contribution in [1.82, 2.24) is 15.1 Å². The first-order valence-corrected chi connectivity index (χ1v) is 6.98. The number of hydrogen-bond donors (Lipinski definition) is 2. The first kappa shape index (κ1) is 15.7. The topological polar surface area (TPSA) is 72.9 Å². The van der Waals surface area contributed by atoms with Gasteiger partial charge in [-0.05, 0) is 37.8 Å². The van der Waals surface area contributed by atoms with E-state index in [1.54, 1.807) is 6.20 Å². The smallest absolute Gasteiger partial charge is 0.220 e. The molecule has 5 heteroatoms. The monoisotopic (exact) mass is 266 g/mol. The molecule has 19 heavy (non-hydrogen) atoms. The third kappa shape index (κ3) is 6.38. The van der Waals surface area contributed by atoms with Gasteiger partial charge in [0.25, 0.3) is 0 Å². The number of nitrogens with two attached hydrogens (primary N) is 1. The molecule has 0 bridgehead atoms. The Morgan fingerprint density at radius 1 is 1.42 bits per heavy atom. The second-order valence-corrected chi connectivity index (χ2v) is 5.63. The molecule has 0 aliphatic rings. The summed E-state index contributed by atoms with van der Waals surface area (Å²) in [7, 11) is 0. The third-order valence-electron chi connectivity index (χ3n) is 3.04. The molecule has 1 aromatic rings. The molecule has 0 saturated carbocycles. The van der Waals surface area contributed by atoms with Gasteiger partial charge in [0.2, 0.25) is 5.91 Å². The van der Waals surface area contributed by atoms with Crippen LogP contribution in [0.1, 0.15) is 33.6 Å². The number of aromatic nitrogens is 2. The van der Waals surface area contributed by atoms with E-state index in [9.17, 15) is 4.79 Å². The summed E-state index contributed by atoms with van der Waals surface area (Å²) in [5.74, 6) is 0.926. The Kier molecular flexibility index (Phi) is 6.56. The molecule has 0 aliphatic carbocycles. The summed E-state index contributed by atoms with van der Waals surface area (Å²) in [6, 6.07) is 1.95. The average molecular weight is 266 g/mol. The molecular weight excluding hydrogens is 240 g/mol. The molecule has 0 fully saturated rings. The second-order valence-electron chi connectivity index (χ2n) is 5.63. The van der Waals surface area contributed by atoms with E-state index in [2.05, 4.69) is 24.3 Å². The van der Waals surface area contributed by atoms with E-state index in [1.165, 1.54) is 0 Å². The Hall–Kier alpha value is -1.36. The molecule has 1 amide bonds. The predicted molar refractivity (Wildman–Crippen MR) is 76.4 cm³/mol. The Labute approximate surface area is 115 Å². The molecule has 108 valence electrons. The zero-order valence-electron chi connectivity index (χ0n) is 12.2. The SMILES string of the molecule is CC(C)CC(CN)CC(=O)NC(C)Cn1cccn1. The molecule has 5 nitrogen and oxygen atoms in total. The van der Waals surface area contributed by atoms with Gasteiger partial charge in [-0.15, -0.1) is 0 Å². The molecule has 0 aromatic carbocycles. The third-order valence-corrected chi connectivity index (χ3v) is 3.04. The van der Waals surface area contributed by atoms with Gasteiger partial charge in [0.05, 0.1) is 6.54 Å². The predicted octanol–water partition coefficient (Wildman–Crippen LogP) is 1.40. The van der Waals surface area contributed by atoms with Crippen LogP contribution in [0.2, 0.25) is 0 Å². The van der Waals surface area contributed by atoms with Gasteiger partial charge in [0.15, 0.2) is 0 Å². The first-order chi connectivity index (χ1) is 9.01. The number of hydrogen-bond acceptors (Lipinski definition) is 3. The fourth-order valence-corrected chi connectivity index (χ4v) is 2.26. The Bertz CT molecular complexity index is 362. The lowest BCUT2D eigenvalue weighted by molar-refractivity contribution is -0.122. The largest absolute Gasteiger partial charge is 0.352 e. The Balaban J connectivity index is 2.33. The molecule has 1 heterocycles. The van der Waals surface area contributed by atoms with Crippen LogP contribution in [0, 0.1) is 11.8 Å². The van der Waals surface area contributed by atoms with Gasteiger partial charge in [0, 0.05) is 24.9 Å². The van der Waals surface area contributed by atoms with E-state index in [0.29, 0.717) is 25.4 Å². The zero-order valence-corrected chi connectivity index (χ0v) is 12.2. The minimum atomic E-state index is 0.0740. The number of carbonyl (C=O) groups is 1. The van der Waals surface area contributed by atoms with Crippen LogP contribution in [0.3, 0.4) is 0 Å². The number of nitrogens with zero attached hydrogens (tertiary/aromatic N) is 2. The lowest BCUT2D eigenvalue weighted by atomic mass is 9.94. The summed E-state index contributed by atoms with van der Waals surface area (Å²) < 4.78 is 1.82. The number of rotatable bonds is 8. The van der Waals surface area contributed by atoms with E-state index in [-0.39, 0.29) is 17.9 Å². The van der Waals surface area contributed by atoms with Crippen molar-refractivity contribution in [2.24, 2.45) is 17.6 Å². The summed E-state index contributed by atoms with van der Waals surface area (Å²) in [4.78, 5) is 11.9. The normalized spacial score (nSPS) is 14.4. The highest BCUT2D eigenvalue weighted by atomic mass is 16.1.